The highest BCUT2D eigenvalue weighted by molar-refractivity contribution is 9.10. The molecule has 1 nitrogen and oxygen atoms in total. The maximum atomic E-state index is 12.4. The lowest BCUT2D eigenvalue weighted by Crippen LogP contribution is -2.08. The molecule has 0 aliphatic rings. The second kappa shape index (κ2) is 4.45. The van der Waals surface area contributed by atoms with Gasteiger partial charge < -0.3 is 4.74 Å². The molecule has 0 aromatic heterocycles. The molecule has 0 aliphatic heterocycles. The molecule has 0 spiro atoms. The molecule has 0 saturated heterocycles. The number of benzene rings is 1. The lowest BCUT2D eigenvalue weighted by Gasteiger charge is -2.07. The third-order valence-corrected chi connectivity index (χ3v) is 1.96. The van der Waals surface area contributed by atoms with Crippen LogP contribution in [0.4, 0.5) is 4.39 Å². The van der Waals surface area contributed by atoms with E-state index in [0.29, 0.717) is 5.75 Å². The Kier molecular flexibility index (Phi) is 3.53. The quantitative estimate of drug-likeness (QED) is 0.778. The van der Waals surface area contributed by atoms with Gasteiger partial charge in [0.1, 0.15) is 18.5 Å². The molecule has 0 fully saturated rings. The van der Waals surface area contributed by atoms with Crippen molar-refractivity contribution in [3.05, 3.63) is 28.7 Å². The van der Waals surface area contributed by atoms with Crippen molar-refractivity contribution in [2.75, 3.05) is 6.61 Å². The zero-order chi connectivity index (χ0) is 8.97. The van der Waals surface area contributed by atoms with Gasteiger partial charge in [-0.05, 0) is 35.0 Å². The molecule has 1 atom stereocenters. The zero-order valence-corrected chi connectivity index (χ0v) is 8.34. The number of ether oxygens (including phenoxy) is 1. The van der Waals surface area contributed by atoms with Crippen LogP contribution in [-0.4, -0.2) is 12.8 Å². The third-order valence-electron chi connectivity index (χ3n) is 1.31. The molecular weight excluding hydrogens is 223 g/mol. The van der Waals surface area contributed by atoms with Gasteiger partial charge in [-0.15, -0.1) is 0 Å². The largest absolute Gasteiger partial charge is 0.489 e. The van der Waals surface area contributed by atoms with Gasteiger partial charge in [0.2, 0.25) is 0 Å². The molecule has 1 rings (SSSR count). The predicted octanol–water partition coefficient (Wildman–Crippen LogP) is 3.19. The summed E-state index contributed by atoms with van der Waals surface area (Å²) >= 11 is 3.30. The van der Waals surface area contributed by atoms with Crippen LogP contribution >= 0.6 is 15.9 Å². The van der Waals surface area contributed by atoms with Gasteiger partial charge in [0.15, 0.2) is 0 Å². The van der Waals surface area contributed by atoms with Crippen molar-refractivity contribution in [1.82, 2.24) is 0 Å². The summed E-state index contributed by atoms with van der Waals surface area (Å²) in [6.45, 7) is 1.57. The minimum absolute atomic E-state index is 0.0998. The number of alkyl halides is 1. The second-order valence-electron chi connectivity index (χ2n) is 2.52. The zero-order valence-electron chi connectivity index (χ0n) is 6.76. The number of halogens is 2. The fourth-order valence-corrected chi connectivity index (χ4v) is 1.17. The van der Waals surface area contributed by atoms with Crippen molar-refractivity contribution in [2.45, 2.75) is 13.1 Å². The molecule has 0 saturated carbocycles. The van der Waals surface area contributed by atoms with E-state index in [9.17, 15) is 4.39 Å². The smallest absolute Gasteiger partial charge is 0.133 e. The van der Waals surface area contributed by atoms with Gasteiger partial charge in [0, 0.05) is 0 Å². The summed E-state index contributed by atoms with van der Waals surface area (Å²) in [6.07, 6.45) is -0.933. The summed E-state index contributed by atoms with van der Waals surface area (Å²) in [5.74, 6) is 0.682. The average Bonchev–Trinajstić information content (AvgIpc) is 2.03. The summed E-state index contributed by atoms with van der Waals surface area (Å²) in [6, 6.07) is 7.39. The Morgan fingerprint density at radius 1 is 1.50 bits per heavy atom. The van der Waals surface area contributed by atoms with Gasteiger partial charge in [-0.25, -0.2) is 4.39 Å². The fraction of sp³-hybridized carbons (Fsp3) is 0.333. The predicted molar refractivity (Wildman–Crippen MR) is 50.2 cm³/mol. The lowest BCUT2D eigenvalue weighted by atomic mass is 10.3. The number of hydrogen-bond donors (Lipinski definition) is 0. The van der Waals surface area contributed by atoms with E-state index in [2.05, 4.69) is 15.9 Å². The topological polar surface area (TPSA) is 9.23 Å². The molecule has 0 amide bonds. The Morgan fingerprint density at radius 3 is 2.75 bits per heavy atom. The maximum absolute atomic E-state index is 12.4. The van der Waals surface area contributed by atoms with Crippen LogP contribution in [0.5, 0.6) is 5.75 Å². The van der Waals surface area contributed by atoms with E-state index in [1.54, 1.807) is 6.07 Å². The van der Waals surface area contributed by atoms with E-state index in [1.165, 1.54) is 6.92 Å². The van der Waals surface area contributed by atoms with Crippen LogP contribution in [0.15, 0.2) is 28.7 Å². The van der Waals surface area contributed by atoms with Gasteiger partial charge in [-0.1, -0.05) is 12.1 Å². The van der Waals surface area contributed by atoms with Crippen LogP contribution in [0.2, 0.25) is 0 Å². The summed E-state index contributed by atoms with van der Waals surface area (Å²) in [5.41, 5.74) is 0. The van der Waals surface area contributed by atoms with Crippen molar-refractivity contribution in [1.29, 1.82) is 0 Å². The van der Waals surface area contributed by atoms with Gasteiger partial charge in [0.25, 0.3) is 0 Å². The standard InChI is InChI=1S/C9H10BrFO/c1-7(11)6-12-9-5-3-2-4-8(9)10/h2-5,7H,6H2,1H3. The first kappa shape index (κ1) is 9.52. The van der Waals surface area contributed by atoms with Crippen molar-refractivity contribution < 1.29 is 9.13 Å². The van der Waals surface area contributed by atoms with Crippen LogP contribution in [0.25, 0.3) is 0 Å². The molecule has 0 bridgehead atoms. The SMILES string of the molecule is CC(F)COc1ccccc1Br. The van der Waals surface area contributed by atoms with E-state index in [0.717, 1.165) is 4.47 Å². The van der Waals surface area contributed by atoms with Crippen molar-refractivity contribution in [3.8, 4) is 5.75 Å². The highest BCUT2D eigenvalue weighted by Gasteiger charge is 2.01. The van der Waals surface area contributed by atoms with Crippen LogP contribution in [-0.2, 0) is 0 Å². The van der Waals surface area contributed by atoms with E-state index < -0.39 is 6.17 Å². The summed E-state index contributed by atoms with van der Waals surface area (Å²) in [7, 11) is 0. The van der Waals surface area contributed by atoms with Gasteiger partial charge >= 0.3 is 0 Å². The molecule has 1 aromatic rings. The van der Waals surface area contributed by atoms with E-state index in [1.807, 2.05) is 18.2 Å². The average molecular weight is 233 g/mol. The van der Waals surface area contributed by atoms with Crippen LogP contribution in [0.1, 0.15) is 6.92 Å². The van der Waals surface area contributed by atoms with Crippen molar-refractivity contribution in [2.24, 2.45) is 0 Å². The van der Waals surface area contributed by atoms with E-state index >= 15 is 0 Å². The summed E-state index contributed by atoms with van der Waals surface area (Å²) < 4.78 is 18.4. The minimum Gasteiger partial charge on any atom is -0.489 e. The Labute approximate surface area is 79.7 Å². The fourth-order valence-electron chi connectivity index (χ4n) is 0.766. The van der Waals surface area contributed by atoms with E-state index in [-0.39, 0.29) is 6.61 Å². The first-order chi connectivity index (χ1) is 5.70. The molecule has 12 heavy (non-hydrogen) atoms. The molecule has 0 N–H and O–H groups in total. The normalized spacial score (nSPS) is 12.6. The number of rotatable bonds is 3. The Balaban J connectivity index is 2.57. The minimum atomic E-state index is -0.933. The first-order valence-corrected chi connectivity index (χ1v) is 4.51. The Bertz CT molecular complexity index is 250. The maximum Gasteiger partial charge on any atom is 0.133 e. The molecule has 0 radical (unpaired) electrons. The molecular formula is C9H10BrFO. The summed E-state index contributed by atoms with van der Waals surface area (Å²) in [5, 5.41) is 0. The number of para-hydroxylation sites is 1. The molecule has 0 heterocycles. The monoisotopic (exact) mass is 232 g/mol. The highest BCUT2D eigenvalue weighted by Crippen LogP contribution is 2.23. The van der Waals surface area contributed by atoms with Gasteiger partial charge in [-0.2, -0.15) is 0 Å². The highest BCUT2D eigenvalue weighted by atomic mass is 79.9. The third kappa shape index (κ3) is 2.81. The van der Waals surface area contributed by atoms with E-state index in [4.69, 9.17) is 4.74 Å². The van der Waals surface area contributed by atoms with Crippen LogP contribution in [0, 0.1) is 0 Å². The molecule has 3 heteroatoms. The Hall–Kier alpha value is -0.570. The summed E-state index contributed by atoms with van der Waals surface area (Å²) in [4.78, 5) is 0. The van der Waals surface area contributed by atoms with Crippen LogP contribution in [0.3, 0.4) is 0 Å². The van der Waals surface area contributed by atoms with Crippen LogP contribution < -0.4 is 4.74 Å². The number of hydrogen-bond acceptors (Lipinski definition) is 1. The van der Waals surface area contributed by atoms with Gasteiger partial charge in [0.05, 0.1) is 4.47 Å². The molecule has 0 aliphatic carbocycles. The molecule has 1 aromatic carbocycles. The lowest BCUT2D eigenvalue weighted by molar-refractivity contribution is 0.209. The second-order valence-corrected chi connectivity index (χ2v) is 3.38. The first-order valence-electron chi connectivity index (χ1n) is 3.71. The Morgan fingerprint density at radius 2 is 2.17 bits per heavy atom. The van der Waals surface area contributed by atoms with Crippen molar-refractivity contribution in [3.63, 3.8) is 0 Å². The molecule has 66 valence electrons. The molecule has 1 unspecified atom stereocenters. The van der Waals surface area contributed by atoms with Crippen molar-refractivity contribution >= 4 is 15.9 Å². The van der Waals surface area contributed by atoms with Gasteiger partial charge in [-0.3, -0.25) is 0 Å².